The van der Waals surface area contributed by atoms with Gasteiger partial charge in [0, 0.05) is 31.7 Å². The van der Waals surface area contributed by atoms with Gasteiger partial charge in [0.25, 0.3) is 11.8 Å². The summed E-state index contributed by atoms with van der Waals surface area (Å²) in [6, 6.07) is 13.4. The van der Waals surface area contributed by atoms with Gasteiger partial charge in [0.05, 0.1) is 6.61 Å². The Hall–Kier alpha value is -3.22. The first-order valence-corrected chi connectivity index (χ1v) is 10.2. The molecule has 1 fully saturated rings. The number of amides is 2. The van der Waals surface area contributed by atoms with Crippen molar-refractivity contribution in [2.45, 2.75) is 26.4 Å². The molecule has 1 heterocycles. The van der Waals surface area contributed by atoms with Crippen LogP contribution in [0.4, 0.5) is 0 Å². The highest BCUT2D eigenvalue weighted by Gasteiger charge is 2.26. The summed E-state index contributed by atoms with van der Waals surface area (Å²) in [4.78, 5) is 29.2. The van der Waals surface area contributed by atoms with Crippen LogP contribution < -0.4 is 9.47 Å². The van der Waals surface area contributed by atoms with Crippen molar-refractivity contribution in [3.05, 3.63) is 54.1 Å². The predicted octanol–water partition coefficient (Wildman–Crippen LogP) is 2.93. The van der Waals surface area contributed by atoms with Crippen LogP contribution in [-0.4, -0.2) is 65.6 Å². The van der Waals surface area contributed by atoms with Gasteiger partial charge in [0.2, 0.25) is 0 Å². The highest BCUT2D eigenvalue weighted by molar-refractivity contribution is 5.94. The maximum Gasteiger partial charge on any atom is 0.263 e. The van der Waals surface area contributed by atoms with Crippen LogP contribution in [0.3, 0.4) is 0 Å². The zero-order valence-electron chi connectivity index (χ0n) is 17.4. The van der Waals surface area contributed by atoms with Crippen LogP contribution in [0.2, 0.25) is 0 Å². The van der Waals surface area contributed by atoms with E-state index in [0.29, 0.717) is 50.5 Å². The highest BCUT2D eigenvalue weighted by Crippen LogP contribution is 2.19. The second-order valence-electron chi connectivity index (χ2n) is 7.18. The maximum absolute atomic E-state index is 12.8. The third kappa shape index (κ3) is 5.43. The average molecular weight is 412 g/mol. The SMILES string of the molecule is CCOc1ccc(C(=O)N2CCCN(C(=O)C(C)Oc3ccc(O)cc3)CC2)cc1. The van der Waals surface area contributed by atoms with Gasteiger partial charge in [-0.1, -0.05) is 0 Å². The van der Waals surface area contributed by atoms with E-state index in [0.717, 1.165) is 5.75 Å². The monoisotopic (exact) mass is 412 g/mol. The van der Waals surface area contributed by atoms with Gasteiger partial charge >= 0.3 is 0 Å². The van der Waals surface area contributed by atoms with Crippen LogP contribution in [0.25, 0.3) is 0 Å². The Morgan fingerprint density at radius 1 is 0.933 bits per heavy atom. The Bertz CT molecular complexity index is 851. The summed E-state index contributed by atoms with van der Waals surface area (Å²) in [5.74, 6) is 1.25. The van der Waals surface area contributed by atoms with Crippen molar-refractivity contribution < 1.29 is 24.2 Å². The number of carbonyl (C=O) groups is 2. The minimum Gasteiger partial charge on any atom is -0.508 e. The van der Waals surface area contributed by atoms with Gasteiger partial charge in [-0.15, -0.1) is 0 Å². The summed E-state index contributed by atoms with van der Waals surface area (Å²) < 4.78 is 11.1. The van der Waals surface area contributed by atoms with Crippen LogP contribution in [-0.2, 0) is 4.79 Å². The summed E-state index contributed by atoms with van der Waals surface area (Å²) >= 11 is 0. The molecule has 1 aliphatic rings. The molecule has 1 N–H and O–H groups in total. The molecule has 30 heavy (non-hydrogen) atoms. The van der Waals surface area contributed by atoms with Gasteiger partial charge in [-0.05, 0) is 68.8 Å². The third-order valence-electron chi connectivity index (χ3n) is 5.00. The van der Waals surface area contributed by atoms with Crippen molar-refractivity contribution in [1.82, 2.24) is 9.80 Å². The molecule has 7 heteroatoms. The van der Waals surface area contributed by atoms with E-state index < -0.39 is 6.10 Å². The van der Waals surface area contributed by atoms with Gasteiger partial charge in [-0.3, -0.25) is 9.59 Å². The van der Waals surface area contributed by atoms with Crippen LogP contribution in [0.1, 0.15) is 30.6 Å². The molecule has 1 saturated heterocycles. The van der Waals surface area contributed by atoms with Gasteiger partial charge in [0.1, 0.15) is 17.2 Å². The predicted molar refractivity (Wildman–Crippen MR) is 113 cm³/mol. The van der Waals surface area contributed by atoms with Crippen LogP contribution >= 0.6 is 0 Å². The van der Waals surface area contributed by atoms with Crippen molar-refractivity contribution in [1.29, 1.82) is 0 Å². The number of carbonyl (C=O) groups excluding carboxylic acids is 2. The minimum absolute atomic E-state index is 0.0410. The lowest BCUT2D eigenvalue weighted by Gasteiger charge is -2.25. The molecule has 1 aliphatic heterocycles. The number of hydrogen-bond donors (Lipinski definition) is 1. The van der Waals surface area contributed by atoms with Gasteiger partial charge < -0.3 is 24.4 Å². The van der Waals surface area contributed by atoms with E-state index in [9.17, 15) is 14.7 Å². The van der Waals surface area contributed by atoms with Crippen LogP contribution in [0.15, 0.2) is 48.5 Å². The quantitative estimate of drug-likeness (QED) is 0.789. The first-order valence-electron chi connectivity index (χ1n) is 10.2. The van der Waals surface area contributed by atoms with Crippen molar-refractivity contribution in [3.63, 3.8) is 0 Å². The lowest BCUT2D eigenvalue weighted by Crippen LogP contribution is -2.43. The molecule has 0 radical (unpaired) electrons. The minimum atomic E-state index is -0.650. The van der Waals surface area contributed by atoms with E-state index in [2.05, 4.69) is 0 Å². The van der Waals surface area contributed by atoms with Crippen LogP contribution in [0.5, 0.6) is 17.2 Å². The fraction of sp³-hybridized carbons (Fsp3) is 0.391. The summed E-state index contributed by atoms with van der Waals surface area (Å²) in [7, 11) is 0. The standard InChI is InChI=1S/C23H28N2O5/c1-3-29-20-9-5-18(6-10-20)23(28)25-14-4-13-24(15-16-25)22(27)17(2)30-21-11-7-19(26)8-12-21/h5-12,17,26H,3-4,13-16H2,1-2H3. The van der Waals surface area contributed by atoms with E-state index in [1.54, 1.807) is 53.1 Å². The van der Waals surface area contributed by atoms with E-state index in [4.69, 9.17) is 9.47 Å². The number of phenolic OH excluding ortho intramolecular Hbond substituents is 1. The van der Waals surface area contributed by atoms with Crippen LogP contribution in [0, 0.1) is 0 Å². The molecule has 0 saturated carbocycles. The first-order chi connectivity index (χ1) is 14.5. The number of phenols is 1. The lowest BCUT2D eigenvalue weighted by atomic mass is 10.2. The van der Waals surface area contributed by atoms with E-state index in [-0.39, 0.29) is 17.6 Å². The molecular weight excluding hydrogens is 384 g/mol. The summed E-state index contributed by atoms with van der Waals surface area (Å²) in [5.41, 5.74) is 0.613. The Morgan fingerprint density at radius 3 is 2.20 bits per heavy atom. The fourth-order valence-corrected chi connectivity index (χ4v) is 3.42. The molecule has 3 rings (SSSR count). The summed E-state index contributed by atoms with van der Waals surface area (Å²) in [5, 5.41) is 9.36. The normalized spacial score (nSPS) is 15.3. The number of ether oxygens (including phenoxy) is 2. The first kappa shape index (κ1) is 21.5. The molecule has 2 amide bonds. The molecule has 7 nitrogen and oxygen atoms in total. The van der Waals surface area contributed by atoms with Crippen molar-refractivity contribution in [2.24, 2.45) is 0 Å². The zero-order chi connectivity index (χ0) is 21.5. The van der Waals surface area contributed by atoms with Crippen molar-refractivity contribution in [2.75, 3.05) is 32.8 Å². The molecule has 2 aromatic carbocycles. The molecule has 0 spiro atoms. The molecule has 2 aromatic rings. The molecule has 0 aromatic heterocycles. The third-order valence-corrected chi connectivity index (χ3v) is 5.00. The Balaban J connectivity index is 1.56. The molecule has 1 unspecified atom stereocenters. The molecule has 0 aliphatic carbocycles. The topological polar surface area (TPSA) is 79.3 Å². The molecule has 1 atom stereocenters. The Labute approximate surface area is 176 Å². The molecule has 0 bridgehead atoms. The number of aromatic hydroxyl groups is 1. The number of rotatable bonds is 6. The number of hydrogen-bond acceptors (Lipinski definition) is 5. The largest absolute Gasteiger partial charge is 0.508 e. The Kier molecular flexibility index (Phi) is 7.17. The smallest absolute Gasteiger partial charge is 0.263 e. The van der Waals surface area contributed by atoms with E-state index in [1.165, 1.54) is 12.1 Å². The van der Waals surface area contributed by atoms with Crippen molar-refractivity contribution >= 4 is 11.8 Å². The maximum atomic E-state index is 12.8. The van der Waals surface area contributed by atoms with Gasteiger partial charge in [-0.2, -0.15) is 0 Å². The van der Waals surface area contributed by atoms with E-state index in [1.807, 2.05) is 6.92 Å². The number of benzene rings is 2. The highest BCUT2D eigenvalue weighted by atomic mass is 16.5. The summed E-state index contributed by atoms with van der Waals surface area (Å²) in [6.45, 7) is 6.33. The fourth-order valence-electron chi connectivity index (χ4n) is 3.42. The second kappa shape index (κ2) is 10.0. The lowest BCUT2D eigenvalue weighted by molar-refractivity contribution is -0.137. The van der Waals surface area contributed by atoms with E-state index >= 15 is 0 Å². The molecule has 160 valence electrons. The van der Waals surface area contributed by atoms with Crippen molar-refractivity contribution in [3.8, 4) is 17.2 Å². The van der Waals surface area contributed by atoms with Gasteiger partial charge in [0.15, 0.2) is 6.10 Å². The number of nitrogens with zero attached hydrogens (tertiary/aromatic N) is 2. The Morgan fingerprint density at radius 2 is 1.53 bits per heavy atom. The second-order valence-corrected chi connectivity index (χ2v) is 7.18. The molecular formula is C23H28N2O5. The summed E-state index contributed by atoms with van der Waals surface area (Å²) in [6.07, 6.45) is 0.0587. The zero-order valence-corrected chi connectivity index (χ0v) is 17.4. The average Bonchev–Trinajstić information content (AvgIpc) is 3.01. The van der Waals surface area contributed by atoms with Gasteiger partial charge in [-0.25, -0.2) is 0 Å².